The standard InChI is InChI=1S/C18H20N2O2/c1-4-13-7-8-16-15(10-13)12(2)17(20(16)3)18(21)19-11-14-6-5-9-22-14/h5-10H,4,11H2,1-3H3,(H,19,21). The van der Waals surface area contributed by atoms with E-state index in [1.165, 1.54) is 5.56 Å². The molecule has 4 heteroatoms. The number of hydrogen-bond donors (Lipinski definition) is 1. The molecule has 4 nitrogen and oxygen atoms in total. The lowest BCUT2D eigenvalue weighted by atomic mass is 10.1. The molecule has 114 valence electrons. The average Bonchev–Trinajstić information content (AvgIpc) is 3.13. The lowest BCUT2D eigenvalue weighted by Crippen LogP contribution is -2.25. The maximum Gasteiger partial charge on any atom is 0.268 e. The van der Waals surface area contributed by atoms with Gasteiger partial charge in [0.2, 0.25) is 0 Å². The van der Waals surface area contributed by atoms with Crippen LogP contribution in [0.1, 0.15) is 34.3 Å². The Kier molecular flexibility index (Phi) is 3.75. The molecule has 0 atom stereocenters. The fourth-order valence-corrected chi connectivity index (χ4v) is 2.88. The molecule has 0 fully saturated rings. The average molecular weight is 296 g/mol. The number of hydrogen-bond acceptors (Lipinski definition) is 2. The molecule has 0 aliphatic carbocycles. The third-order valence-electron chi connectivity index (χ3n) is 4.14. The monoisotopic (exact) mass is 296 g/mol. The molecule has 0 aliphatic rings. The van der Waals surface area contributed by atoms with Crippen molar-refractivity contribution in [2.45, 2.75) is 26.8 Å². The fraction of sp³-hybridized carbons (Fsp3) is 0.278. The summed E-state index contributed by atoms with van der Waals surface area (Å²) < 4.78 is 7.21. The van der Waals surface area contributed by atoms with E-state index < -0.39 is 0 Å². The maximum absolute atomic E-state index is 12.5. The van der Waals surface area contributed by atoms with Gasteiger partial charge < -0.3 is 14.3 Å². The SMILES string of the molecule is CCc1ccc2c(c1)c(C)c(C(=O)NCc1ccco1)n2C. The van der Waals surface area contributed by atoms with Crippen molar-refractivity contribution in [2.24, 2.45) is 7.05 Å². The molecule has 1 N–H and O–H groups in total. The summed E-state index contributed by atoms with van der Waals surface area (Å²) in [5.41, 5.74) is 4.08. The van der Waals surface area contributed by atoms with Gasteiger partial charge in [-0.1, -0.05) is 13.0 Å². The Morgan fingerprint density at radius 1 is 1.32 bits per heavy atom. The van der Waals surface area contributed by atoms with Crippen molar-refractivity contribution < 1.29 is 9.21 Å². The Hall–Kier alpha value is -2.49. The van der Waals surface area contributed by atoms with Crippen molar-refractivity contribution in [3.8, 4) is 0 Å². The van der Waals surface area contributed by atoms with Crippen LogP contribution in [0.2, 0.25) is 0 Å². The summed E-state index contributed by atoms with van der Waals surface area (Å²) in [5, 5.41) is 4.06. The van der Waals surface area contributed by atoms with E-state index in [0.29, 0.717) is 12.2 Å². The number of carbonyl (C=O) groups excluding carboxylic acids is 1. The van der Waals surface area contributed by atoms with E-state index in [4.69, 9.17) is 4.42 Å². The number of carbonyl (C=O) groups is 1. The van der Waals surface area contributed by atoms with Crippen LogP contribution in [0.5, 0.6) is 0 Å². The quantitative estimate of drug-likeness (QED) is 0.800. The predicted molar refractivity (Wildman–Crippen MR) is 86.9 cm³/mol. The molecular formula is C18H20N2O2. The second-order valence-corrected chi connectivity index (χ2v) is 5.50. The van der Waals surface area contributed by atoms with Crippen LogP contribution in [-0.4, -0.2) is 10.5 Å². The van der Waals surface area contributed by atoms with E-state index >= 15 is 0 Å². The molecule has 3 aromatic rings. The molecule has 22 heavy (non-hydrogen) atoms. The van der Waals surface area contributed by atoms with E-state index in [-0.39, 0.29) is 5.91 Å². The number of fused-ring (bicyclic) bond motifs is 1. The summed E-state index contributed by atoms with van der Waals surface area (Å²) in [6.45, 7) is 4.53. The highest BCUT2D eigenvalue weighted by atomic mass is 16.3. The maximum atomic E-state index is 12.5. The molecule has 0 aliphatic heterocycles. The minimum absolute atomic E-state index is 0.0781. The Bertz CT molecular complexity index is 813. The van der Waals surface area contributed by atoms with Gasteiger partial charge in [0.1, 0.15) is 11.5 Å². The van der Waals surface area contributed by atoms with Crippen LogP contribution in [0.4, 0.5) is 0 Å². The molecule has 3 rings (SSSR count). The van der Waals surface area contributed by atoms with Gasteiger partial charge in [-0.15, -0.1) is 0 Å². The molecule has 1 amide bonds. The number of nitrogens with zero attached hydrogens (tertiary/aromatic N) is 1. The van der Waals surface area contributed by atoms with Crippen LogP contribution in [0.15, 0.2) is 41.0 Å². The summed E-state index contributed by atoms with van der Waals surface area (Å²) in [6.07, 6.45) is 2.60. The van der Waals surface area contributed by atoms with Gasteiger partial charge >= 0.3 is 0 Å². The van der Waals surface area contributed by atoms with Crippen LogP contribution in [-0.2, 0) is 20.0 Å². The van der Waals surface area contributed by atoms with Crippen LogP contribution in [0, 0.1) is 6.92 Å². The van der Waals surface area contributed by atoms with Crippen LogP contribution >= 0.6 is 0 Å². The number of benzene rings is 1. The topological polar surface area (TPSA) is 47.2 Å². The minimum atomic E-state index is -0.0781. The fourth-order valence-electron chi connectivity index (χ4n) is 2.88. The van der Waals surface area contributed by atoms with E-state index in [2.05, 4.69) is 30.4 Å². The van der Waals surface area contributed by atoms with Crippen LogP contribution in [0.3, 0.4) is 0 Å². The highest BCUT2D eigenvalue weighted by molar-refractivity contribution is 6.01. The largest absolute Gasteiger partial charge is 0.467 e. The van der Waals surface area contributed by atoms with Crippen molar-refractivity contribution in [1.82, 2.24) is 9.88 Å². The molecule has 0 radical (unpaired) electrons. The molecule has 0 saturated carbocycles. The first kappa shape index (κ1) is 14.4. The first-order valence-electron chi connectivity index (χ1n) is 7.50. The van der Waals surface area contributed by atoms with E-state index in [0.717, 1.165) is 28.6 Å². The normalized spacial score (nSPS) is 11.0. The third-order valence-corrected chi connectivity index (χ3v) is 4.14. The van der Waals surface area contributed by atoms with Crippen LogP contribution in [0.25, 0.3) is 10.9 Å². The highest BCUT2D eigenvalue weighted by Crippen LogP contribution is 2.26. The van der Waals surface area contributed by atoms with E-state index in [1.54, 1.807) is 6.26 Å². The molecule has 0 unspecified atom stereocenters. The second-order valence-electron chi connectivity index (χ2n) is 5.50. The van der Waals surface area contributed by atoms with Gasteiger partial charge in [-0.05, 0) is 48.7 Å². The highest BCUT2D eigenvalue weighted by Gasteiger charge is 2.18. The minimum Gasteiger partial charge on any atom is -0.467 e. The Morgan fingerprint density at radius 3 is 2.82 bits per heavy atom. The van der Waals surface area contributed by atoms with Gasteiger partial charge in [0, 0.05) is 18.0 Å². The smallest absolute Gasteiger partial charge is 0.268 e. The summed E-state index contributed by atoms with van der Waals surface area (Å²) in [5.74, 6) is 0.670. The number of amides is 1. The molecule has 1 aromatic carbocycles. The summed E-state index contributed by atoms with van der Waals surface area (Å²) >= 11 is 0. The lowest BCUT2D eigenvalue weighted by molar-refractivity contribution is 0.0939. The molecular weight excluding hydrogens is 276 g/mol. The molecule has 0 bridgehead atoms. The number of aromatic nitrogens is 1. The van der Waals surface area contributed by atoms with Crippen molar-refractivity contribution >= 4 is 16.8 Å². The molecule has 2 heterocycles. The second kappa shape index (κ2) is 5.72. The number of rotatable bonds is 4. The zero-order chi connectivity index (χ0) is 15.7. The third kappa shape index (κ3) is 2.41. The molecule has 0 saturated heterocycles. The number of aryl methyl sites for hydroxylation is 3. The van der Waals surface area contributed by atoms with Crippen molar-refractivity contribution in [2.75, 3.05) is 0 Å². The molecule has 2 aromatic heterocycles. The van der Waals surface area contributed by atoms with Gasteiger partial charge in [-0.2, -0.15) is 0 Å². The van der Waals surface area contributed by atoms with Gasteiger partial charge in [-0.25, -0.2) is 0 Å². The zero-order valence-electron chi connectivity index (χ0n) is 13.1. The Morgan fingerprint density at radius 2 is 2.14 bits per heavy atom. The number of furan rings is 1. The summed E-state index contributed by atoms with van der Waals surface area (Å²) in [6, 6.07) is 10.0. The first-order valence-corrected chi connectivity index (χ1v) is 7.50. The van der Waals surface area contributed by atoms with E-state index in [9.17, 15) is 4.79 Å². The van der Waals surface area contributed by atoms with Gasteiger partial charge in [-0.3, -0.25) is 4.79 Å². The zero-order valence-corrected chi connectivity index (χ0v) is 13.1. The lowest BCUT2D eigenvalue weighted by Gasteiger charge is -2.06. The van der Waals surface area contributed by atoms with Crippen molar-refractivity contribution in [3.63, 3.8) is 0 Å². The summed E-state index contributed by atoms with van der Waals surface area (Å²) in [7, 11) is 1.93. The van der Waals surface area contributed by atoms with Gasteiger partial charge in [0.05, 0.1) is 12.8 Å². The summed E-state index contributed by atoms with van der Waals surface area (Å²) in [4.78, 5) is 12.5. The molecule has 0 spiro atoms. The van der Waals surface area contributed by atoms with Gasteiger partial charge in [0.15, 0.2) is 0 Å². The number of nitrogens with one attached hydrogen (secondary N) is 1. The van der Waals surface area contributed by atoms with Gasteiger partial charge in [0.25, 0.3) is 5.91 Å². The van der Waals surface area contributed by atoms with Crippen molar-refractivity contribution in [3.05, 3.63) is 59.2 Å². The first-order chi connectivity index (χ1) is 10.6. The Labute approximate surface area is 129 Å². The predicted octanol–water partition coefficient (Wildman–Crippen LogP) is 3.57. The van der Waals surface area contributed by atoms with Crippen molar-refractivity contribution in [1.29, 1.82) is 0 Å². The van der Waals surface area contributed by atoms with E-state index in [1.807, 2.05) is 30.7 Å². The van der Waals surface area contributed by atoms with Crippen LogP contribution < -0.4 is 5.32 Å². The Balaban J connectivity index is 1.94.